The number of hydrogen-bond acceptors (Lipinski definition) is 3. The summed E-state index contributed by atoms with van der Waals surface area (Å²) in [6.07, 6.45) is 0.139. The van der Waals surface area contributed by atoms with Gasteiger partial charge in [-0.25, -0.2) is 4.79 Å². The number of para-hydroxylation sites is 1. The number of hydrogen-bond donors (Lipinski definition) is 1. The van der Waals surface area contributed by atoms with Crippen molar-refractivity contribution in [3.63, 3.8) is 0 Å². The molecule has 0 bridgehead atoms. The van der Waals surface area contributed by atoms with E-state index in [4.69, 9.17) is 10.5 Å². The first-order valence-electron chi connectivity index (χ1n) is 6.10. The second-order valence-corrected chi connectivity index (χ2v) is 4.24. The van der Waals surface area contributed by atoms with Gasteiger partial charge in [-0.2, -0.15) is 0 Å². The summed E-state index contributed by atoms with van der Waals surface area (Å²) in [7, 11) is 0. The van der Waals surface area contributed by atoms with Gasteiger partial charge in [-0.1, -0.05) is 18.2 Å². The van der Waals surface area contributed by atoms with E-state index in [1.54, 1.807) is 13.8 Å². The van der Waals surface area contributed by atoms with Crippen LogP contribution in [0.3, 0.4) is 0 Å². The van der Waals surface area contributed by atoms with Gasteiger partial charge in [-0.15, -0.1) is 0 Å². The number of nitrogens with zero attached hydrogens (tertiary/aromatic N) is 1. The lowest BCUT2D eigenvalue weighted by Gasteiger charge is -2.03. The van der Waals surface area contributed by atoms with E-state index in [9.17, 15) is 9.59 Å². The van der Waals surface area contributed by atoms with Crippen molar-refractivity contribution < 1.29 is 14.3 Å². The fourth-order valence-corrected chi connectivity index (χ4v) is 2.30. The van der Waals surface area contributed by atoms with Gasteiger partial charge in [0, 0.05) is 11.1 Å². The Kier molecular flexibility index (Phi) is 3.55. The Balaban J connectivity index is 2.57. The van der Waals surface area contributed by atoms with Crippen LogP contribution in [0.4, 0.5) is 4.79 Å². The van der Waals surface area contributed by atoms with Crippen LogP contribution in [-0.2, 0) is 16.0 Å². The number of primary amides is 1. The summed E-state index contributed by atoms with van der Waals surface area (Å²) in [5.41, 5.74) is 7.57. The summed E-state index contributed by atoms with van der Waals surface area (Å²) in [5, 5.41) is 0.854. The molecule has 1 aromatic carbocycles. The van der Waals surface area contributed by atoms with Crippen LogP contribution in [0.5, 0.6) is 0 Å². The molecule has 0 saturated carbocycles. The SMILES string of the molecule is CCOC(=O)Cc1c(C)n(C(N)=O)c2ccccc12. The summed E-state index contributed by atoms with van der Waals surface area (Å²) >= 11 is 0. The number of benzene rings is 1. The highest BCUT2D eigenvalue weighted by Gasteiger charge is 2.18. The van der Waals surface area contributed by atoms with Gasteiger partial charge >= 0.3 is 12.0 Å². The number of rotatable bonds is 3. The predicted octanol–water partition coefficient (Wildman–Crippen LogP) is 1.98. The maximum absolute atomic E-state index is 11.6. The number of carbonyl (C=O) groups excluding carboxylic acids is 2. The van der Waals surface area contributed by atoms with Crippen LogP contribution in [0.25, 0.3) is 10.9 Å². The molecule has 0 fully saturated rings. The lowest BCUT2D eigenvalue weighted by atomic mass is 10.1. The predicted molar refractivity (Wildman–Crippen MR) is 72.0 cm³/mol. The lowest BCUT2D eigenvalue weighted by Crippen LogP contribution is -2.20. The smallest absolute Gasteiger partial charge is 0.323 e. The number of nitrogens with two attached hydrogens (primary N) is 1. The average molecular weight is 260 g/mol. The molecule has 2 rings (SSSR count). The summed E-state index contributed by atoms with van der Waals surface area (Å²) < 4.78 is 6.38. The highest BCUT2D eigenvalue weighted by molar-refractivity contribution is 5.96. The number of amides is 1. The zero-order valence-electron chi connectivity index (χ0n) is 11.0. The Morgan fingerprint density at radius 3 is 2.63 bits per heavy atom. The van der Waals surface area contributed by atoms with Crippen LogP contribution in [0.2, 0.25) is 0 Å². The molecule has 1 aromatic heterocycles. The summed E-state index contributed by atoms with van der Waals surface area (Å²) in [6, 6.07) is 6.82. The van der Waals surface area contributed by atoms with Crippen molar-refractivity contribution in [2.45, 2.75) is 20.3 Å². The van der Waals surface area contributed by atoms with Gasteiger partial charge in [0.1, 0.15) is 0 Å². The van der Waals surface area contributed by atoms with Gasteiger partial charge in [0.05, 0.1) is 18.5 Å². The lowest BCUT2D eigenvalue weighted by molar-refractivity contribution is -0.142. The fraction of sp³-hybridized carbons (Fsp3) is 0.286. The highest BCUT2D eigenvalue weighted by atomic mass is 16.5. The normalized spacial score (nSPS) is 10.6. The molecule has 1 heterocycles. The first kappa shape index (κ1) is 13.1. The fourth-order valence-electron chi connectivity index (χ4n) is 2.30. The van der Waals surface area contributed by atoms with Crippen molar-refractivity contribution in [2.75, 3.05) is 6.61 Å². The van der Waals surface area contributed by atoms with Crippen molar-refractivity contribution in [3.8, 4) is 0 Å². The molecule has 0 spiro atoms. The van der Waals surface area contributed by atoms with Crippen molar-refractivity contribution in [3.05, 3.63) is 35.5 Å². The first-order valence-corrected chi connectivity index (χ1v) is 6.10. The summed E-state index contributed by atoms with van der Waals surface area (Å²) in [6.45, 7) is 3.88. The van der Waals surface area contributed by atoms with Crippen LogP contribution in [-0.4, -0.2) is 23.2 Å². The van der Waals surface area contributed by atoms with Crippen molar-refractivity contribution >= 4 is 22.9 Å². The standard InChI is InChI=1S/C14H16N2O3/c1-3-19-13(17)8-11-9(2)16(14(15)18)12-7-5-4-6-10(11)12/h4-7H,3,8H2,1-2H3,(H2,15,18). The molecule has 1 amide bonds. The van der Waals surface area contributed by atoms with Crippen LogP contribution in [0, 0.1) is 6.92 Å². The molecule has 100 valence electrons. The molecule has 2 aromatic rings. The molecule has 2 N–H and O–H groups in total. The number of fused-ring (bicyclic) bond motifs is 1. The Labute approximate surface area is 110 Å². The summed E-state index contributed by atoms with van der Waals surface area (Å²) in [4.78, 5) is 23.2. The number of aromatic nitrogens is 1. The Bertz CT molecular complexity index is 643. The minimum atomic E-state index is -0.552. The third-order valence-electron chi connectivity index (χ3n) is 3.09. The largest absolute Gasteiger partial charge is 0.466 e. The molecule has 19 heavy (non-hydrogen) atoms. The van der Waals surface area contributed by atoms with Gasteiger partial charge in [-0.05, 0) is 25.5 Å². The molecule has 0 unspecified atom stereocenters. The van der Waals surface area contributed by atoms with E-state index in [0.29, 0.717) is 17.8 Å². The van der Waals surface area contributed by atoms with Crippen LogP contribution in [0.15, 0.2) is 24.3 Å². The van der Waals surface area contributed by atoms with Crippen LogP contribution in [0.1, 0.15) is 18.2 Å². The van der Waals surface area contributed by atoms with E-state index in [2.05, 4.69) is 0 Å². The zero-order valence-corrected chi connectivity index (χ0v) is 11.0. The number of esters is 1. The van der Waals surface area contributed by atoms with Crippen molar-refractivity contribution in [1.29, 1.82) is 0 Å². The van der Waals surface area contributed by atoms with Crippen molar-refractivity contribution in [2.24, 2.45) is 5.73 Å². The quantitative estimate of drug-likeness (QED) is 0.857. The maximum atomic E-state index is 11.6. The number of ether oxygens (including phenoxy) is 1. The maximum Gasteiger partial charge on any atom is 0.323 e. The third kappa shape index (κ3) is 2.31. The van der Waals surface area contributed by atoms with E-state index in [0.717, 1.165) is 10.9 Å². The monoisotopic (exact) mass is 260 g/mol. The highest BCUT2D eigenvalue weighted by Crippen LogP contribution is 2.26. The van der Waals surface area contributed by atoms with E-state index < -0.39 is 6.03 Å². The average Bonchev–Trinajstić information content (AvgIpc) is 2.63. The van der Waals surface area contributed by atoms with Gasteiger partial charge in [0.25, 0.3) is 0 Å². The Morgan fingerprint density at radius 2 is 2.00 bits per heavy atom. The second kappa shape index (κ2) is 5.14. The van der Waals surface area contributed by atoms with Crippen molar-refractivity contribution in [1.82, 2.24) is 4.57 Å². The molecule has 0 saturated heterocycles. The molecule has 0 aliphatic heterocycles. The van der Waals surface area contributed by atoms with E-state index in [1.165, 1.54) is 4.57 Å². The molecule has 0 aliphatic carbocycles. The molecule has 5 heteroatoms. The molecule has 0 atom stereocenters. The van der Waals surface area contributed by atoms with E-state index in [-0.39, 0.29) is 12.4 Å². The van der Waals surface area contributed by atoms with Crippen LogP contribution < -0.4 is 5.73 Å². The minimum absolute atomic E-state index is 0.139. The first-order chi connectivity index (χ1) is 9.06. The van der Waals surface area contributed by atoms with Gasteiger partial charge < -0.3 is 10.5 Å². The molecule has 5 nitrogen and oxygen atoms in total. The molecule has 0 radical (unpaired) electrons. The topological polar surface area (TPSA) is 74.3 Å². The zero-order chi connectivity index (χ0) is 14.0. The van der Waals surface area contributed by atoms with Crippen LogP contribution >= 0.6 is 0 Å². The van der Waals surface area contributed by atoms with E-state index >= 15 is 0 Å². The minimum Gasteiger partial charge on any atom is -0.466 e. The molecular weight excluding hydrogens is 244 g/mol. The Morgan fingerprint density at radius 1 is 1.32 bits per heavy atom. The van der Waals surface area contributed by atoms with Gasteiger partial charge in [0.2, 0.25) is 0 Å². The third-order valence-corrected chi connectivity index (χ3v) is 3.09. The number of carbonyl (C=O) groups is 2. The summed E-state index contributed by atoms with van der Waals surface area (Å²) in [5.74, 6) is -0.307. The van der Waals surface area contributed by atoms with Gasteiger partial charge in [0.15, 0.2) is 0 Å². The Hall–Kier alpha value is -2.30. The van der Waals surface area contributed by atoms with Gasteiger partial charge in [-0.3, -0.25) is 9.36 Å². The second-order valence-electron chi connectivity index (χ2n) is 4.24. The molecule has 0 aliphatic rings. The molecular formula is C14H16N2O3. The van der Waals surface area contributed by atoms with E-state index in [1.807, 2.05) is 24.3 Å².